The van der Waals surface area contributed by atoms with Gasteiger partial charge in [-0.2, -0.15) is 5.26 Å². The Labute approximate surface area is 118 Å². The highest BCUT2D eigenvalue weighted by molar-refractivity contribution is 5.64. The van der Waals surface area contributed by atoms with Gasteiger partial charge in [0, 0.05) is 25.7 Å². The van der Waals surface area contributed by atoms with Gasteiger partial charge in [-0.1, -0.05) is 12.1 Å². The Morgan fingerprint density at radius 3 is 2.55 bits per heavy atom. The van der Waals surface area contributed by atoms with Gasteiger partial charge in [-0.25, -0.2) is 4.79 Å². The number of piperidine rings is 1. The van der Waals surface area contributed by atoms with E-state index in [-0.39, 0.29) is 6.04 Å². The van der Waals surface area contributed by atoms with Crippen molar-refractivity contribution >= 4 is 6.09 Å². The number of carboxylic acid groups (broad SMARTS) is 1. The molecule has 0 unspecified atom stereocenters. The third-order valence-electron chi connectivity index (χ3n) is 3.71. The number of hydrogen-bond acceptors (Lipinski definition) is 3. The van der Waals surface area contributed by atoms with Crippen molar-refractivity contribution in [3.8, 4) is 6.07 Å². The molecule has 0 atom stereocenters. The average Bonchev–Trinajstić information content (AvgIpc) is 2.46. The third-order valence-corrected chi connectivity index (χ3v) is 3.71. The fourth-order valence-corrected chi connectivity index (χ4v) is 2.51. The van der Waals surface area contributed by atoms with E-state index in [1.807, 2.05) is 24.3 Å². The Kier molecular flexibility index (Phi) is 4.97. The van der Waals surface area contributed by atoms with Crippen molar-refractivity contribution in [1.82, 2.24) is 10.2 Å². The van der Waals surface area contributed by atoms with Gasteiger partial charge in [0.25, 0.3) is 0 Å². The van der Waals surface area contributed by atoms with Gasteiger partial charge in [-0.15, -0.1) is 0 Å². The minimum atomic E-state index is -0.930. The Morgan fingerprint density at radius 1 is 1.35 bits per heavy atom. The highest BCUT2D eigenvalue weighted by atomic mass is 16.4. The fourth-order valence-electron chi connectivity index (χ4n) is 2.51. The maximum absolute atomic E-state index is 10.6. The highest BCUT2D eigenvalue weighted by Crippen LogP contribution is 2.12. The van der Waals surface area contributed by atoms with Crippen molar-refractivity contribution in [3.05, 3.63) is 35.4 Å². The van der Waals surface area contributed by atoms with Crippen LogP contribution in [-0.2, 0) is 6.42 Å². The van der Waals surface area contributed by atoms with Crippen LogP contribution in [0.25, 0.3) is 0 Å². The van der Waals surface area contributed by atoms with Gasteiger partial charge in [0.15, 0.2) is 0 Å². The number of carbonyl (C=O) groups is 1. The van der Waals surface area contributed by atoms with Gasteiger partial charge in [0.05, 0.1) is 11.6 Å². The van der Waals surface area contributed by atoms with Crippen molar-refractivity contribution < 1.29 is 9.90 Å². The number of likely N-dealkylation sites (tertiary alicyclic amines) is 1. The van der Waals surface area contributed by atoms with Gasteiger partial charge in [-0.05, 0) is 37.0 Å². The van der Waals surface area contributed by atoms with Crippen LogP contribution in [0.5, 0.6) is 0 Å². The van der Waals surface area contributed by atoms with E-state index in [1.54, 1.807) is 0 Å². The van der Waals surface area contributed by atoms with E-state index in [0.717, 1.165) is 38.9 Å². The largest absolute Gasteiger partial charge is 0.465 e. The Morgan fingerprint density at radius 2 is 2.00 bits per heavy atom. The summed E-state index contributed by atoms with van der Waals surface area (Å²) in [5.74, 6) is 0. The molecule has 2 N–H and O–H groups in total. The smallest absolute Gasteiger partial charge is 0.404 e. The monoisotopic (exact) mass is 273 g/mol. The first-order valence-corrected chi connectivity index (χ1v) is 6.88. The molecule has 1 amide bonds. The molecule has 1 aromatic rings. The van der Waals surface area contributed by atoms with Crippen LogP contribution in [0.3, 0.4) is 0 Å². The molecule has 0 aliphatic carbocycles. The second kappa shape index (κ2) is 6.92. The lowest BCUT2D eigenvalue weighted by Crippen LogP contribution is -2.44. The number of benzene rings is 1. The first kappa shape index (κ1) is 14.4. The molecule has 2 rings (SSSR count). The van der Waals surface area contributed by atoms with Crippen molar-refractivity contribution in [2.45, 2.75) is 25.3 Å². The third kappa shape index (κ3) is 4.25. The second-order valence-electron chi connectivity index (χ2n) is 5.12. The Balaban J connectivity index is 1.73. The fraction of sp³-hybridized carbons (Fsp3) is 0.467. The molecule has 1 heterocycles. The average molecular weight is 273 g/mol. The number of nitrogens with one attached hydrogen (secondary N) is 1. The molecule has 1 aromatic carbocycles. The van der Waals surface area contributed by atoms with Gasteiger partial charge in [-0.3, -0.25) is 0 Å². The standard InChI is InChI=1S/C15H19N3O2/c16-11-13-3-1-12(2-4-13)5-8-18-9-6-14(7-10-18)17-15(19)20/h1-4,14,17H,5-10H2,(H,19,20). The number of hydrogen-bond donors (Lipinski definition) is 2. The second-order valence-corrected chi connectivity index (χ2v) is 5.12. The van der Waals surface area contributed by atoms with E-state index in [9.17, 15) is 4.79 Å². The molecule has 0 saturated carbocycles. The first-order chi connectivity index (χ1) is 9.67. The molecule has 1 aliphatic rings. The minimum Gasteiger partial charge on any atom is -0.465 e. The molecule has 20 heavy (non-hydrogen) atoms. The lowest BCUT2D eigenvalue weighted by atomic mass is 10.0. The number of nitrogens with zero attached hydrogens (tertiary/aromatic N) is 2. The number of amides is 1. The minimum absolute atomic E-state index is 0.0960. The van der Waals surface area contributed by atoms with E-state index >= 15 is 0 Å². The summed E-state index contributed by atoms with van der Waals surface area (Å²) in [6, 6.07) is 9.90. The molecule has 0 aromatic heterocycles. The first-order valence-electron chi connectivity index (χ1n) is 6.88. The molecule has 5 nitrogen and oxygen atoms in total. The van der Waals surface area contributed by atoms with Gasteiger partial charge < -0.3 is 15.3 Å². The van der Waals surface area contributed by atoms with Gasteiger partial charge >= 0.3 is 6.09 Å². The van der Waals surface area contributed by atoms with E-state index < -0.39 is 6.09 Å². The van der Waals surface area contributed by atoms with Gasteiger partial charge in [0.1, 0.15) is 0 Å². The molecule has 106 valence electrons. The summed E-state index contributed by atoms with van der Waals surface area (Å²) in [6.45, 7) is 2.84. The van der Waals surface area contributed by atoms with E-state index in [0.29, 0.717) is 5.56 Å². The summed E-state index contributed by atoms with van der Waals surface area (Å²) in [4.78, 5) is 12.9. The summed E-state index contributed by atoms with van der Waals surface area (Å²) in [5.41, 5.74) is 1.92. The van der Waals surface area contributed by atoms with Gasteiger partial charge in [0.2, 0.25) is 0 Å². The van der Waals surface area contributed by atoms with Crippen LogP contribution in [0.2, 0.25) is 0 Å². The Bertz CT molecular complexity index is 485. The lowest BCUT2D eigenvalue weighted by molar-refractivity contribution is 0.169. The normalized spacial score (nSPS) is 16.6. The van der Waals surface area contributed by atoms with Crippen LogP contribution in [-0.4, -0.2) is 41.8 Å². The maximum atomic E-state index is 10.6. The highest BCUT2D eigenvalue weighted by Gasteiger charge is 2.19. The van der Waals surface area contributed by atoms with E-state index in [2.05, 4.69) is 16.3 Å². The van der Waals surface area contributed by atoms with Crippen LogP contribution in [0.15, 0.2) is 24.3 Å². The number of rotatable bonds is 4. The van der Waals surface area contributed by atoms with Crippen LogP contribution >= 0.6 is 0 Å². The summed E-state index contributed by atoms with van der Waals surface area (Å²) in [7, 11) is 0. The zero-order chi connectivity index (χ0) is 14.4. The van der Waals surface area contributed by atoms with E-state index in [4.69, 9.17) is 10.4 Å². The molecule has 1 saturated heterocycles. The topological polar surface area (TPSA) is 76.4 Å². The zero-order valence-electron chi connectivity index (χ0n) is 11.4. The molecule has 1 aliphatic heterocycles. The lowest BCUT2D eigenvalue weighted by Gasteiger charge is -2.31. The molecule has 1 fully saturated rings. The van der Waals surface area contributed by atoms with E-state index in [1.165, 1.54) is 5.56 Å². The van der Waals surface area contributed by atoms with Crippen molar-refractivity contribution in [3.63, 3.8) is 0 Å². The summed E-state index contributed by atoms with van der Waals surface area (Å²) in [6.07, 6.45) is 1.78. The molecule has 0 spiro atoms. The van der Waals surface area contributed by atoms with Crippen molar-refractivity contribution in [2.24, 2.45) is 0 Å². The summed E-state index contributed by atoms with van der Waals surface area (Å²) in [5, 5.41) is 20.0. The SMILES string of the molecule is N#Cc1ccc(CCN2CCC(NC(=O)O)CC2)cc1. The predicted molar refractivity (Wildman–Crippen MR) is 75.5 cm³/mol. The van der Waals surface area contributed by atoms with Crippen molar-refractivity contribution in [1.29, 1.82) is 5.26 Å². The van der Waals surface area contributed by atoms with Crippen LogP contribution < -0.4 is 5.32 Å². The predicted octanol–water partition coefficient (Wildman–Crippen LogP) is 1.83. The molecule has 0 radical (unpaired) electrons. The molecule has 0 bridgehead atoms. The quantitative estimate of drug-likeness (QED) is 0.877. The van der Waals surface area contributed by atoms with Crippen molar-refractivity contribution in [2.75, 3.05) is 19.6 Å². The molecular formula is C15H19N3O2. The maximum Gasteiger partial charge on any atom is 0.404 e. The zero-order valence-corrected chi connectivity index (χ0v) is 11.4. The van der Waals surface area contributed by atoms with Crippen LogP contribution in [0.4, 0.5) is 4.79 Å². The molecular weight excluding hydrogens is 254 g/mol. The van der Waals surface area contributed by atoms with Crippen LogP contribution in [0.1, 0.15) is 24.0 Å². The summed E-state index contributed by atoms with van der Waals surface area (Å²) < 4.78 is 0. The Hall–Kier alpha value is -2.06. The number of nitriles is 1. The molecule has 5 heteroatoms. The van der Waals surface area contributed by atoms with Crippen LogP contribution in [0, 0.1) is 11.3 Å². The summed E-state index contributed by atoms with van der Waals surface area (Å²) >= 11 is 0.